The topological polar surface area (TPSA) is 178 Å². The molecule has 4 N–H and O–H groups in total. The monoisotopic (exact) mass is 577 g/mol. The van der Waals surface area contributed by atoms with Crippen molar-refractivity contribution in [1.29, 1.82) is 0 Å². The quantitative estimate of drug-likeness (QED) is 0.222. The normalized spacial score (nSPS) is 26.1. The summed E-state index contributed by atoms with van der Waals surface area (Å²) in [6.07, 6.45) is -7.32. The molecule has 1 fully saturated rings. The van der Waals surface area contributed by atoms with Gasteiger partial charge in [0.15, 0.2) is 11.8 Å². The summed E-state index contributed by atoms with van der Waals surface area (Å²) < 4.78 is 63.9. The summed E-state index contributed by atoms with van der Waals surface area (Å²) in [7, 11) is -4.49. The number of aliphatic hydroxyl groups excluding tert-OH is 1. The number of halogens is 2. The molecule has 1 aliphatic rings. The molecule has 1 aromatic heterocycles. The second kappa shape index (κ2) is 12.1. The predicted octanol–water partition coefficient (Wildman–Crippen LogP) is 1.16. The van der Waals surface area contributed by atoms with E-state index in [9.17, 15) is 37.9 Å². The summed E-state index contributed by atoms with van der Waals surface area (Å²) in [4.78, 5) is 37.6. The van der Waals surface area contributed by atoms with E-state index in [2.05, 4.69) is 5.09 Å². The van der Waals surface area contributed by atoms with Crippen LogP contribution in [0.2, 0.25) is 0 Å². The molecule has 0 radical (unpaired) electrons. The lowest BCUT2D eigenvalue weighted by Crippen LogP contribution is -2.52. The van der Waals surface area contributed by atoms with Crippen molar-refractivity contribution in [2.75, 3.05) is 6.67 Å². The SMILES string of the molecule is CC(C)OC(=O)[C@H](C)NP(=O)(Oc1ccccc1)O[C@@H](C)[C@H]1O[C@@H](n2cc(F)c(=O)[nH]c2=O)[C@@](O)(CF)C1O. The third-order valence-corrected chi connectivity index (χ3v) is 7.49. The number of carbonyl (C=O) groups excluding carboxylic acids is 1. The minimum atomic E-state index is -4.49. The van der Waals surface area contributed by atoms with E-state index in [4.69, 9.17) is 18.5 Å². The van der Waals surface area contributed by atoms with E-state index in [0.717, 1.165) is 0 Å². The van der Waals surface area contributed by atoms with Crippen molar-refractivity contribution in [3.05, 3.63) is 63.2 Å². The number of hydrogen-bond donors (Lipinski definition) is 4. The lowest BCUT2D eigenvalue weighted by molar-refractivity contribution is -0.149. The molecule has 0 aliphatic carbocycles. The minimum Gasteiger partial charge on any atom is -0.462 e. The molecule has 13 nitrogen and oxygen atoms in total. The van der Waals surface area contributed by atoms with Crippen LogP contribution in [-0.2, 0) is 23.4 Å². The van der Waals surface area contributed by atoms with Crippen LogP contribution >= 0.6 is 7.75 Å². The average Bonchev–Trinajstić information content (AvgIpc) is 3.12. The smallest absolute Gasteiger partial charge is 0.459 e. The fourth-order valence-electron chi connectivity index (χ4n) is 3.83. The first-order valence-corrected chi connectivity index (χ1v) is 13.4. The van der Waals surface area contributed by atoms with Crippen molar-refractivity contribution >= 4 is 13.7 Å². The van der Waals surface area contributed by atoms with Gasteiger partial charge in [0.1, 0.15) is 30.7 Å². The number of rotatable bonds is 11. The Morgan fingerprint density at radius 1 is 1.26 bits per heavy atom. The van der Waals surface area contributed by atoms with Crippen molar-refractivity contribution in [3.8, 4) is 5.75 Å². The Labute approximate surface area is 221 Å². The van der Waals surface area contributed by atoms with Crippen LogP contribution in [0.3, 0.4) is 0 Å². The van der Waals surface area contributed by atoms with E-state index >= 15 is 0 Å². The van der Waals surface area contributed by atoms with Gasteiger partial charge >= 0.3 is 19.4 Å². The van der Waals surface area contributed by atoms with Gasteiger partial charge in [0, 0.05) is 0 Å². The van der Waals surface area contributed by atoms with Crippen LogP contribution in [0.15, 0.2) is 46.1 Å². The summed E-state index contributed by atoms with van der Waals surface area (Å²) in [6.45, 7) is 4.15. The zero-order valence-corrected chi connectivity index (χ0v) is 22.3. The fourth-order valence-corrected chi connectivity index (χ4v) is 5.52. The highest BCUT2D eigenvalue weighted by molar-refractivity contribution is 7.52. The van der Waals surface area contributed by atoms with Crippen molar-refractivity contribution in [2.45, 2.75) is 70.0 Å². The van der Waals surface area contributed by atoms with Crippen LogP contribution in [0, 0.1) is 5.82 Å². The molecule has 2 heterocycles. The van der Waals surface area contributed by atoms with Gasteiger partial charge in [-0.25, -0.2) is 13.8 Å². The van der Waals surface area contributed by atoms with Crippen LogP contribution < -0.4 is 20.9 Å². The van der Waals surface area contributed by atoms with Crippen LogP contribution in [0.4, 0.5) is 8.78 Å². The lowest BCUT2D eigenvalue weighted by Gasteiger charge is -2.30. The molecule has 2 unspecified atom stereocenters. The van der Waals surface area contributed by atoms with Gasteiger partial charge < -0.3 is 24.2 Å². The molecule has 1 aromatic carbocycles. The molecule has 1 aliphatic heterocycles. The molecular weight excluding hydrogens is 547 g/mol. The number of benzene rings is 1. The Balaban J connectivity index is 1.91. The number of nitrogens with zero attached hydrogens (tertiary/aromatic N) is 1. The maximum Gasteiger partial charge on any atom is 0.459 e. The second-order valence-electron chi connectivity index (χ2n) is 9.22. The van der Waals surface area contributed by atoms with Crippen molar-refractivity contribution in [3.63, 3.8) is 0 Å². The number of aliphatic hydroxyl groups is 2. The zero-order valence-electron chi connectivity index (χ0n) is 21.4. The van der Waals surface area contributed by atoms with Gasteiger partial charge in [0.05, 0.1) is 18.4 Å². The summed E-state index contributed by atoms with van der Waals surface area (Å²) in [5.41, 5.74) is -5.41. The lowest BCUT2D eigenvalue weighted by atomic mass is 9.93. The fraction of sp³-hybridized carbons (Fsp3) is 0.522. The van der Waals surface area contributed by atoms with Gasteiger partial charge in [0.2, 0.25) is 5.82 Å². The number of hydrogen-bond acceptors (Lipinski definition) is 10. The molecule has 7 atom stereocenters. The number of para-hydroxylation sites is 1. The van der Waals surface area contributed by atoms with Gasteiger partial charge in [-0.3, -0.25) is 23.7 Å². The number of aromatic amines is 1. The standard InChI is InChI=1S/C23H30F2N3O10P/c1-12(2)35-20(31)13(3)27-39(34,38-15-8-6-5-7-9-15)37-14(4)17-18(29)23(33,11-24)21(36-17)28-10-16(25)19(30)26-22(28)32/h5-10,12-14,17-18,21,29,33H,11H2,1-4H3,(H,27,34)(H,26,30,32)/t13-,14-,17+,18?,21+,23+,39?/m0/s1. The summed E-state index contributed by atoms with van der Waals surface area (Å²) in [6, 6.07) is 6.53. The van der Waals surface area contributed by atoms with Crippen LogP contribution in [0.1, 0.15) is 33.9 Å². The Morgan fingerprint density at radius 3 is 2.49 bits per heavy atom. The van der Waals surface area contributed by atoms with Crippen LogP contribution in [-0.4, -0.2) is 68.5 Å². The Morgan fingerprint density at radius 2 is 1.90 bits per heavy atom. The van der Waals surface area contributed by atoms with E-state index in [0.29, 0.717) is 10.8 Å². The molecule has 3 rings (SSSR count). The number of carbonyl (C=O) groups is 1. The van der Waals surface area contributed by atoms with Gasteiger partial charge in [0.25, 0.3) is 5.56 Å². The molecular formula is C23H30F2N3O10P. The number of nitrogens with one attached hydrogen (secondary N) is 2. The first-order valence-electron chi connectivity index (χ1n) is 11.8. The zero-order chi connectivity index (χ0) is 29.1. The molecule has 0 amide bonds. The Bertz CT molecular complexity index is 1320. The molecule has 2 aromatic rings. The first kappa shape index (κ1) is 30.6. The minimum absolute atomic E-state index is 0.0752. The molecule has 1 saturated heterocycles. The highest BCUT2D eigenvalue weighted by Crippen LogP contribution is 2.49. The number of aromatic nitrogens is 2. The van der Waals surface area contributed by atoms with Crippen LogP contribution in [0.25, 0.3) is 0 Å². The van der Waals surface area contributed by atoms with Gasteiger partial charge in [-0.2, -0.15) is 9.48 Å². The third kappa shape index (κ3) is 6.80. The number of H-pyrrole nitrogens is 1. The molecule has 16 heteroatoms. The second-order valence-corrected chi connectivity index (χ2v) is 10.9. The van der Waals surface area contributed by atoms with Crippen LogP contribution in [0.5, 0.6) is 5.75 Å². The Hall–Kier alpha value is -2.94. The van der Waals surface area contributed by atoms with Crippen molar-refractivity contribution < 1.29 is 46.9 Å². The molecule has 0 saturated carbocycles. The molecule has 0 spiro atoms. The van der Waals surface area contributed by atoms with E-state index in [1.54, 1.807) is 37.0 Å². The number of alkyl halides is 1. The number of ether oxygens (including phenoxy) is 2. The van der Waals surface area contributed by atoms with Gasteiger partial charge in [-0.05, 0) is 39.8 Å². The first-order chi connectivity index (χ1) is 18.2. The van der Waals surface area contributed by atoms with Crippen molar-refractivity contribution in [2.24, 2.45) is 0 Å². The van der Waals surface area contributed by atoms with E-state index in [1.165, 1.54) is 26.0 Å². The van der Waals surface area contributed by atoms with E-state index in [-0.39, 0.29) is 5.75 Å². The maximum atomic E-state index is 14.1. The predicted molar refractivity (Wildman–Crippen MR) is 131 cm³/mol. The van der Waals surface area contributed by atoms with E-state index in [1.807, 2.05) is 0 Å². The maximum absolute atomic E-state index is 14.1. The highest BCUT2D eigenvalue weighted by Gasteiger charge is 2.59. The third-order valence-electron chi connectivity index (χ3n) is 5.72. The average molecular weight is 577 g/mol. The van der Waals surface area contributed by atoms with Gasteiger partial charge in [-0.15, -0.1) is 0 Å². The molecule has 0 bridgehead atoms. The van der Waals surface area contributed by atoms with Crippen molar-refractivity contribution in [1.82, 2.24) is 14.6 Å². The summed E-state index contributed by atoms with van der Waals surface area (Å²) >= 11 is 0. The number of esters is 1. The Kier molecular flexibility index (Phi) is 9.47. The van der Waals surface area contributed by atoms with Gasteiger partial charge in [-0.1, -0.05) is 18.2 Å². The highest BCUT2D eigenvalue weighted by atomic mass is 31.2. The summed E-state index contributed by atoms with van der Waals surface area (Å²) in [5.74, 6) is -2.14. The summed E-state index contributed by atoms with van der Waals surface area (Å²) in [5, 5.41) is 24.1. The largest absolute Gasteiger partial charge is 0.462 e. The molecule has 216 valence electrons. The molecule has 39 heavy (non-hydrogen) atoms. The van der Waals surface area contributed by atoms with E-state index < -0.39 is 79.7 Å².